The van der Waals surface area contributed by atoms with Gasteiger partial charge in [-0.25, -0.2) is 9.69 Å². The maximum absolute atomic E-state index is 13.4. The first kappa shape index (κ1) is 22.6. The Hall–Kier alpha value is -3.88. The predicted molar refractivity (Wildman–Crippen MR) is 142 cm³/mol. The van der Waals surface area contributed by atoms with Crippen LogP contribution in [0.15, 0.2) is 95.0 Å². The van der Waals surface area contributed by atoms with E-state index < -0.39 is 6.17 Å². The minimum absolute atomic E-state index is 0.225. The normalized spacial score (nSPS) is 16.6. The first-order valence-corrected chi connectivity index (χ1v) is 12.8. The lowest BCUT2D eigenvalue weighted by Crippen LogP contribution is -2.50. The van der Waals surface area contributed by atoms with Gasteiger partial charge in [0.05, 0.1) is 22.3 Å². The molecule has 0 fully saturated rings. The third kappa shape index (κ3) is 3.98. The molecular formula is C27H21ClN6OS. The second-order valence-electron chi connectivity index (χ2n) is 8.38. The monoisotopic (exact) mass is 512 g/mol. The molecule has 0 radical (unpaired) electrons. The fourth-order valence-corrected chi connectivity index (χ4v) is 5.53. The van der Waals surface area contributed by atoms with Crippen LogP contribution in [0.4, 0.5) is 0 Å². The highest BCUT2D eigenvalue weighted by Gasteiger charge is 2.37. The van der Waals surface area contributed by atoms with Crippen molar-refractivity contribution in [1.82, 2.24) is 20.1 Å². The lowest BCUT2D eigenvalue weighted by molar-refractivity contribution is -0.116. The third-order valence-corrected chi connectivity index (χ3v) is 7.34. The highest BCUT2D eigenvalue weighted by molar-refractivity contribution is 8.13. The Balaban J connectivity index is 1.46. The van der Waals surface area contributed by atoms with Crippen LogP contribution >= 0.6 is 23.4 Å². The molecule has 1 amide bonds. The van der Waals surface area contributed by atoms with Crippen molar-refractivity contribution in [2.24, 2.45) is 10.1 Å². The van der Waals surface area contributed by atoms with Gasteiger partial charge in [0, 0.05) is 11.0 Å². The highest BCUT2D eigenvalue weighted by atomic mass is 35.5. The van der Waals surface area contributed by atoms with Crippen molar-refractivity contribution in [1.29, 1.82) is 0 Å². The van der Waals surface area contributed by atoms with Crippen molar-refractivity contribution in [3.63, 3.8) is 0 Å². The molecule has 4 aromatic rings. The van der Waals surface area contributed by atoms with Gasteiger partial charge in [0.2, 0.25) is 0 Å². The van der Waals surface area contributed by atoms with Gasteiger partial charge in [0.15, 0.2) is 11.3 Å². The van der Waals surface area contributed by atoms with Crippen molar-refractivity contribution in [2.75, 3.05) is 0 Å². The summed E-state index contributed by atoms with van der Waals surface area (Å²) in [5, 5.41) is 16.6. The van der Waals surface area contributed by atoms with E-state index in [9.17, 15) is 4.79 Å². The van der Waals surface area contributed by atoms with Crippen molar-refractivity contribution in [3.8, 4) is 5.69 Å². The molecule has 0 aliphatic carbocycles. The first-order valence-electron chi connectivity index (χ1n) is 11.4. The van der Waals surface area contributed by atoms with Gasteiger partial charge in [0.25, 0.3) is 5.91 Å². The van der Waals surface area contributed by atoms with Gasteiger partial charge in [-0.3, -0.25) is 15.1 Å². The van der Waals surface area contributed by atoms with E-state index in [1.807, 2.05) is 91.9 Å². The molecule has 36 heavy (non-hydrogen) atoms. The lowest BCUT2D eigenvalue weighted by Gasteiger charge is -2.34. The Morgan fingerprint density at radius 3 is 2.44 bits per heavy atom. The molecule has 0 bridgehead atoms. The lowest BCUT2D eigenvalue weighted by atomic mass is 10.1. The van der Waals surface area contributed by atoms with Gasteiger partial charge in [-0.05, 0) is 30.7 Å². The summed E-state index contributed by atoms with van der Waals surface area (Å²) in [5.74, 6) is 0.449. The van der Waals surface area contributed by atoms with E-state index in [2.05, 4.69) is 5.32 Å². The van der Waals surface area contributed by atoms with E-state index in [1.165, 1.54) is 11.8 Å². The summed E-state index contributed by atoms with van der Waals surface area (Å²) in [6.45, 7) is 1.90. The van der Waals surface area contributed by atoms with Crippen LogP contribution in [0.3, 0.4) is 0 Å². The number of nitrogens with zero attached hydrogens (tertiary/aromatic N) is 5. The number of carbonyl (C=O) groups excluding carboxylic acids is 1. The van der Waals surface area contributed by atoms with Crippen LogP contribution in [0, 0.1) is 6.92 Å². The molecule has 9 heteroatoms. The smallest absolute Gasteiger partial charge is 0.276 e. The number of fused-ring (bicyclic) bond motifs is 2. The molecule has 2 aliphatic rings. The van der Waals surface area contributed by atoms with Crippen LogP contribution in [-0.4, -0.2) is 25.9 Å². The average molecular weight is 513 g/mol. The molecule has 0 unspecified atom stereocenters. The van der Waals surface area contributed by atoms with Crippen LogP contribution in [0.1, 0.15) is 23.0 Å². The number of aryl methyl sites for hydroxylation is 1. The second kappa shape index (κ2) is 9.29. The molecule has 7 nitrogen and oxygen atoms in total. The van der Waals surface area contributed by atoms with Crippen LogP contribution in [0.2, 0.25) is 5.15 Å². The first-order chi connectivity index (χ1) is 17.6. The minimum Gasteiger partial charge on any atom is -0.298 e. The maximum atomic E-state index is 13.4. The number of hydrazone groups is 1. The Morgan fingerprint density at radius 2 is 1.67 bits per heavy atom. The summed E-state index contributed by atoms with van der Waals surface area (Å²) >= 11 is 8.39. The number of para-hydroxylation sites is 2. The van der Waals surface area contributed by atoms with Gasteiger partial charge in [-0.1, -0.05) is 90.1 Å². The zero-order chi connectivity index (χ0) is 24.6. The standard InChI is InChI=1S/C27H21ClN6OS/c1-17-22(24(28)33(31-17)19-12-6-3-7-13-19)25-29-21-15-9-8-14-20(21)23-26(35)30-27(32-34(23)25)36-16-18-10-4-2-5-11-18/h2-15,25H,16H2,1H3,(H,30,32,35)/t25-/m1/s1. The Bertz CT molecular complexity index is 1620. The zero-order valence-corrected chi connectivity index (χ0v) is 20.9. The molecule has 6 rings (SSSR count). The van der Waals surface area contributed by atoms with E-state index in [4.69, 9.17) is 26.8 Å². The summed E-state index contributed by atoms with van der Waals surface area (Å²) in [6, 6.07) is 27.3. The number of nitrogens with one attached hydrogen (secondary N) is 1. The minimum atomic E-state index is -0.641. The van der Waals surface area contributed by atoms with Gasteiger partial charge in [-0.2, -0.15) is 5.10 Å². The van der Waals surface area contributed by atoms with Gasteiger partial charge in [0.1, 0.15) is 10.9 Å². The van der Waals surface area contributed by atoms with E-state index in [-0.39, 0.29) is 5.91 Å². The fourth-order valence-electron chi connectivity index (χ4n) is 4.35. The number of rotatable bonds is 4. The largest absolute Gasteiger partial charge is 0.298 e. The Kier molecular flexibility index (Phi) is 5.83. The zero-order valence-electron chi connectivity index (χ0n) is 19.3. The van der Waals surface area contributed by atoms with E-state index in [0.717, 1.165) is 22.2 Å². The number of amides is 1. The number of amidine groups is 1. The van der Waals surface area contributed by atoms with E-state index >= 15 is 0 Å². The van der Waals surface area contributed by atoms with Gasteiger partial charge in [-0.15, -0.1) is 5.10 Å². The Labute approximate surface area is 216 Å². The molecule has 0 spiro atoms. The van der Waals surface area contributed by atoms with Crippen molar-refractivity contribution < 1.29 is 4.79 Å². The fraction of sp³-hybridized carbons (Fsp3) is 0.111. The highest BCUT2D eigenvalue weighted by Crippen LogP contribution is 2.37. The second-order valence-corrected chi connectivity index (χ2v) is 9.71. The summed E-state index contributed by atoms with van der Waals surface area (Å²) in [4.78, 5) is 18.4. The summed E-state index contributed by atoms with van der Waals surface area (Å²) in [7, 11) is 0. The number of hydrogen-bond acceptors (Lipinski definition) is 6. The SMILES string of the molecule is Cc1nn(-c2ccccc2)c(Cl)c1[C@@H]1N=c2ccccc2=C2C(=O)NC(SCc3ccccc3)=NN21. The van der Waals surface area contributed by atoms with Gasteiger partial charge < -0.3 is 0 Å². The van der Waals surface area contributed by atoms with Gasteiger partial charge >= 0.3 is 0 Å². The molecule has 0 saturated heterocycles. The summed E-state index contributed by atoms with van der Waals surface area (Å²) in [6.07, 6.45) is -0.641. The molecule has 178 valence electrons. The van der Waals surface area contributed by atoms with E-state index in [1.54, 1.807) is 9.69 Å². The van der Waals surface area contributed by atoms with E-state index in [0.29, 0.717) is 32.7 Å². The number of benzene rings is 3. The van der Waals surface area contributed by atoms with Crippen molar-refractivity contribution in [3.05, 3.63) is 117 Å². The van der Waals surface area contributed by atoms with Crippen LogP contribution in [0.5, 0.6) is 0 Å². The van der Waals surface area contributed by atoms with Crippen LogP contribution in [0.25, 0.3) is 11.4 Å². The predicted octanol–water partition coefficient (Wildman–Crippen LogP) is 3.91. The molecule has 1 aromatic heterocycles. The quantitative estimate of drug-likeness (QED) is 0.450. The van der Waals surface area contributed by atoms with Crippen LogP contribution in [-0.2, 0) is 10.5 Å². The van der Waals surface area contributed by atoms with Crippen LogP contribution < -0.4 is 15.9 Å². The number of hydrogen-bond donors (Lipinski definition) is 1. The molecule has 3 heterocycles. The number of thioether (sulfide) groups is 1. The summed E-state index contributed by atoms with van der Waals surface area (Å²) in [5.41, 5.74) is 3.85. The molecule has 1 atom stereocenters. The molecule has 2 aliphatic heterocycles. The third-order valence-electron chi connectivity index (χ3n) is 6.04. The number of carbonyl (C=O) groups is 1. The molecule has 0 saturated carbocycles. The number of halogens is 1. The average Bonchev–Trinajstić information content (AvgIpc) is 3.21. The summed E-state index contributed by atoms with van der Waals surface area (Å²) < 4.78 is 1.70. The number of aromatic nitrogens is 2. The topological polar surface area (TPSA) is 74.9 Å². The maximum Gasteiger partial charge on any atom is 0.276 e. The van der Waals surface area contributed by atoms with Crippen molar-refractivity contribution in [2.45, 2.75) is 18.8 Å². The molecule has 3 aromatic carbocycles. The van der Waals surface area contributed by atoms with Crippen molar-refractivity contribution >= 4 is 40.1 Å². The Morgan fingerprint density at radius 1 is 0.972 bits per heavy atom. The molecular weight excluding hydrogens is 492 g/mol. The molecule has 1 N–H and O–H groups in total.